The molecular formula is C12H13N3O5. The van der Waals surface area contributed by atoms with Crippen LogP contribution in [0.4, 0.5) is 11.4 Å². The number of nitro groups is 1. The third-order valence-electron chi connectivity index (χ3n) is 2.94. The molecule has 0 saturated carbocycles. The smallest absolute Gasteiger partial charge is 0.271 e. The van der Waals surface area contributed by atoms with Gasteiger partial charge >= 0.3 is 0 Å². The lowest BCUT2D eigenvalue weighted by atomic mass is 10.2. The third-order valence-corrected chi connectivity index (χ3v) is 2.94. The number of hydrogen-bond acceptors (Lipinski definition) is 5. The SMILES string of the molecule is CNC(=O)CCN1C(=O)COc2ccc([N+](=O)[O-])cc21. The number of anilines is 1. The molecule has 2 rings (SSSR count). The van der Waals surface area contributed by atoms with Gasteiger partial charge in [0, 0.05) is 32.1 Å². The van der Waals surface area contributed by atoms with E-state index in [1.54, 1.807) is 0 Å². The predicted molar refractivity (Wildman–Crippen MR) is 69.6 cm³/mol. The maximum absolute atomic E-state index is 11.8. The van der Waals surface area contributed by atoms with E-state index in [0.29, 0.717) is 11.4 Å². The maximum atomic E-state index is 11.8. The molecule has 0 unspecified atom stereocenters. The zero-order valence-corrected chi connectivity index (χ0v) is 10.8. The molecule has 20 heavy (non-hydrogen) atoms. The van der Waals surface area contributed by atoms with Crippen LogP contribution in [0.25, 0.3) is 0 Å². The number of rotatable bonds is 4. The first-order chi connectivity index (χ1) is 9.52. The summed E-state index contributed by atoms with van der Waals surface area (Å²) < 4.78 is 5.22. The summed E-state index contributed by atoms with van der Waals surface area (Å²) in [7, 11) is 1.50. The number of amides is 2. The van der Waals surface area contributed by atoms with Gasteiger partial charge in [0.2, 0.25) is 5.91 Å². The lowest BCUT2D eigenvalue weighted by Gasteiger charge is -2.28. The zero-order valence-electron chi connectivity index (χ0n) is 10.8. The van der Waals surface area contributed by atoms with Crippen molar-refractivity contribution in [2.45, 2.75) is 6.42 Å². The fourth-order valence-electron chi connectivity index (χ4n) is 1.89. The van der Waals surface area contributed by atoms with Crippen LogP contribution in [0.3, 0.4) is 0 Å². The molecule has 0 spiro atoms. The maximum Gasteiger partial charge on any atom is 0.271 e. The number of benzene rings is 1. The minimum Gasteiger partial charge on any atom is -0.482 e. The molecule has 1 aliphatic rings. The second-order valence-electron chi connectivity index (χ2n) is 4.17. The van der Waals surface area contributed by atoms with E-state index in [2.05, 4.69) is 5.32 Å². The Morgan fingerprint density at radius 2 is 2.30 bits per heavy atom. The normalized spacial score (nSPS) is 13.4. The molecule has 1 aromatic carbocycles. The molecule has 8 heteroatoms. The Labute approximate surface area is 114 Å². The van der Waals surface area contributed by atoms with Crippen LogP contribution in [0.15, 0.2) is 18.2 Å². The molecule has 0 aliphatic carbocycles. The number of ether oxygens (including phenoxy) is 1. The summed E-state index contributed by atoms with van der Waals surface area (Å²) in [5.41, 5.74) is 0.186. The van der Waals surface area contributed by atoms with E-state index in [0.717, 1.165) is 0 Å². The van der Waals surface area contributed by atoms with Crippen molar-refractivity contribution in [2.24, 2.45) is 0 Å². The molecule has 0 bridgehead atoms. The minimum absolute atomic E-state index is 0.115. The summed E-state index contributed by atoms with van der Waals surface area (Å²) in [6.07, 6.45) is 0.115. The van der Waals surface area contributed by atoms with Gasteiger partial charge in [-0.3, -0.25) is 19.7 Å². The van der Waals surface area contributed by atoms with Crippen molar-refractivity contribution >= 4 is 23.2 Å². The average molecular weight is 279 g/mol. The van der Waals surface area contributed by atoms with E-state index in [1.807, 2.05) is 0 Å². The lowest BCUT2D eigenvalue weighted by Crippen LogP contribution is -2.40. The molecule has 0 aromatic heterocycles. The number of hydrogen-bond donors (Lipinski definition) is 1. The predicted octanol–water partition coefficient (Wildman–Crippen LogP) is 0.456. The van der Waals surface area contributed by atoms with Crippen molar-refractivity contribution < 1.29 is 19.2 Å². The van der Waals surface area contributed by atoms with E-state index in [9.17, 15) is 19.7 Å². The standard InChI is InChI=1S/C12H13N3O5/c1-13-11(16)4-5-14-9-6-8(15(18)19)2-3-10(9)20-7-12(14)17/h2-3,6H,4-5,7H2,1H3,(H,13,16). The topological polar surface area (TPSA) is 102 Å². The first-order valence-electron chi connectivity index (χ1n) is 5.95. The van der Waals surface area contributed by atoms with Crippen molar-refractivity contribution in [3.05, 3.63) is 28.3 Å². The second kappa shape index (κ2) is 5.55. The number of non-ortho nitro benzene ring substituents is 1. The Morgan fingerprint density at radius 1 is 1.55 bits per heavy atom. The lowest BCUT2D eigenvalue weighted by molar-refractivity contribution is -0.384. The second-order valence-corrected chi connectivity index (χ2v) is 4.17. The fourth-order valence-corrected chi connectivity index (χ4v) is 1.89. The number of nitrogens with one attached hydrogen (secondary N) is 1. The van der Waals surface area contributed by atoms with Crippen molar-refractivity contribution in [1.29, 1.82) is 0 Å². The van der Waals surface area contributed by atoms with Crippen molar-refractivity contribution in [2.75, 3.05) is 25.1 Å². The van der Waals surface area contributed by atoms with Crippen LogP contribution < -0.4 is 15.0 Å². The highest BCUT2D eigenvalue weighted by Gasteiger charge is 2.27. The van der Waals surface area contributed by atoms with Crippen LogP contribution >= 0.6 is 0 Å². The molecule has 2 amide bonds. The van der Waals surface area contributed by atoms with E-state index < -0.39 is 4.92 Å². The summed E-state index contributed by atoms with van der Waals surface area (Å²) in [4.78, 5) is 34.7. The number of carbonyl (C=O) groups excluding carboxylic acids is 2. The van der Waals surface area contributed by atoms with Gasteiger partial charge in [-0.2, -0.15) is 0 Å². The van der Waals surface area contributed by atoms with E-state index in [4.69, 9.17) is 4.74 Å². The molecule has 0 atom stereocenters. The van der Waals surface area contributed by atoms with Gasteiger partial charge in [0.05, 0.1) is 10.6 Å². The largest absolute Gasteiger partial charge is 0.482 e. The van der Waals surface area contributed by atoms with Crippen LogP contribution in [-0.2, 0) is 9.59 Å². The van der Waals surface area contributed by atoms with E-state index >= 15 is 0 Å². The van der Waals surface area contributed by atoms with Crippen LogP contribution in [0.1, 0.15) is 6.42 Å². The monoisotopic (exact) mass is 279 g/mol. The van der Waals surface area contributed by atoms with E-state index in [1.165, 1.54) is 30.1 Å². The molecule has 1 aliphatic heterocycles. The number of carbonyl (C=O) groups is 2. The first-order valence-corrected chi connectivity index (χ1v) is 5.95. The molecule has 1 N–H and O–H groups in total. The van der Waals surface area contributed by atoms with Gasteiger partial charge in [-0.05, 0) is 6.07 Å². The van der Waals surface area contributed by atoms with Gasteiger partial charge in [-0.15, -0.1) is 0 Å². The van der Waals surface area contributed by atoms with Crippen LogP contribution in [0.5, 0.6) is 5.75 Å². The highest BCUT2D eigenvalue weighted by Crippen LogP contribution is 2.35. The highest BCUT2D eigenvalue weighted by molar-refractivity contribution is 5.98. The summed E-state index contributed by atoms with van der Waals surface area (Å²) in [6.45, 7) is 0.00852. The molecular weight excluding hydrogens is 266 g/mol. The fraction of sp³-hybridized carbons (Fsp3) is 0.333. The van der Waals surface area contributed by atoms with Gasteiger partial charge < -0.3 is 15.0 Å². The summed E-state index contributed by atoms with van der Waals surface area (Å²) in [6, 6.07) is 4.04. The number of fused-ring (bicyclic) bond motifs is 1. The summed E-state index contributed by atoms with van der Waals surface area (Å²) in [5.74, 6) is -0.148. The van der Waals surface area contributed by atoms with Crippen LogP contribution in [0.2, 0.25) is 0 Å². The van der Waals surface area contributed by atoms with Crippen molar-refractivity contribution in [1.82, 2.24) is 5.32 Å². The molecule has 0 radical (unpaired) electrons. The van der Waals surface area contributed by atoms with Crippen LogP contribution in [0, 0.1) is 10.1 Å². The Kier molecular flexibility index (Phi) is 3.83. The highest BCUT2D eigenvalue weighted by atomic mass is 16.6. The molecule has 8 nitrogen and oxygen atoms in total. The summed E-state index contributed by atoms with van der Waals surface area (Å²) in [5, 5.41) is 13.2. The van der Waals surface area contributed by atoms with Gasteiger partial charge in [0.1, 0.15) is 5.75 Å². The van der Waals surface area contributed by atoms with Gasteiger partial charge in [-0.1, -0.05) is 0 Å². The van der Waals surface area contributed by atoms with Crippen molar-refractivity contribution in [3.8, 4) is 5.75 Å². The molecule has 0 saturated heterocycles. The number of nitro benzene ring substituents is 1. The van der Waals surface area contributed by atoms with Crippen LogP contribution in [-0.4, -0.2) is 36.9 Å². The number of nitrogens with zero attached hydrogens (tertiary/aromatic N) is 2. The quantitative estimate of drug-likeness (QED) is 0.637. The zero-order chi connectivity index (χ0) is 14.7. The molecule has 1 heterocycles. The first kappa shape index (κ1) is 13.8. The average Bonchev–Trinajstić information content (AvgIpc) is 2.45. The minimum atomic E-state index is -0.545. The molecule has 106 valence electrons. The Balaban J connectivity index is 2.29. The van der Waals surface area contributed by atoms with Crippen molar-refractivity contribution in [3.63, 3.8) is 0 Å². The summed E-state index contributed by atoms with van der Waals surface area (Å²) >= 11 is 0. The molecule has 0 fully saturated rings. The third kappa shape index (κ3) is 2.68. The Morgan fingerprint density at radius 3 is 2.95 bits per heavy atom. The van der Waals surface area contributed by atoms with Gasteiger partial charge in [-0.25, -0.2) is 0 Å². The van der Waals surface area contributed by atoms with Gasteiger partial charge in [0.15, 0.2) is 6.61 Å². The Hall–Kier alpha value is -2.64. The molecule has 1 aromatic rings. The van der Waals surface area contributed by atoms with E-state index in [-0.39, 0.29) is 37.1 Å². The van der Waals surface area contributed by atoms with Gasteiger partial charge in [0.25, 0.3) is 11.6 Å². The Bertz CT molecular complexity index is 572.